The first kappa shape index (κ1) is 17.0. The zero-order valence-corrected chi connectivity index (χ0v) is 15.3. The summed E-state index contributed by atoms with van der Waals surface area (Å²) >= 11 is 0. The number of carbonyl (C=O) groups excluding carboxylic acids is 1. The summed E-state index contributed by atoms with van der Waals surface area (Å²) in [6, 6.07) is 5.05. The zero-order valence-electron chi connectivity index (χ0n) is 15.3. The van der Waals surface area contributed by atoms with Crippen LogP contribution in [0.2, 0.25) is 0 Å². The van der Waals surface area contributed by atoms with Crippen molar-refractivity contribution in [2.24, 2.45) is 11.7 Å². The van der Waals surface area contributed by atoms with Gasteiger partial charge in [-0.3, -0.25) is 4.79 Å². The average Bonchev–Trinajstić information content (AvgIpc) is 2.86. The maximum absolute atomic E-state index is 12.4. The molecule has 0 spiro atoms. The van der Waals surface area contributed by atoms with E-state index in [9.17, 15) is 4.79 Å². The van der Waals surface area contributed by atoms with Crippen molar-refractivity contribution in [1.82, 2.24) is 9.88 Å². The zero-order chi connectivity index (χ0) is 17.4. The fourth-order valence-electron chi connectivity index (χ4n) is 4.00. The number of hydrogen-bond donors (Lipinski definition) is 2. The Kier molecular flexibility index (Phi) is 4.68. The summed E-state index contributed by atoms with van der Waals surface area (Å²) in [5.41, 5.74) is 12.3. The first-order valence-corrected chi connectivity index (χ1v) is 9.04. The lowest BCUT2D eigenvalue weighted by Crippen LogP contribution is -2.36. The molecule has 0 saturated carbocycles. The van der Waals surface area contributed by atoms with Crippen molar-refractivity contribution in [1.29, 1.82) is 0 Å². The Hall–Kier alpha value is -1.81. The fourth-order valence-corrected chi connectivity index (χ4v) is 4.00. The SMILES string of the molecule is Cc1cc2c3c(n(C(C)C)c2cc1C)CCC(C(=O)NCCN)C3. The standard InChI is InChI=1S/C20H29N3O/c1-12(2)23-18-6-5-15(20(24)22-8-7-21)11-17(18)16-9-13(3)14(4)10-19(16)23/h9-10,12,15H,5-8,11,21H2,1-4H3,(H,22,24). The Morgan fingerprint density at radius 1 is 1.33 bits per heavy atom. The van der Waals surface area contributed by atoms with Crippen LogP contribution in [-0.2, 0) is 17.6 Å². The van der Waals surface area contributed by atoms with E-state index >= 15 is 0 Å². The van der Waals surface area contributed by atoms with E-state index in [4.69, 9.17) is 5.73 Å². The van der Waals surface area contributed by atoms with Crippen molar-refractivity contribution in [2.75, 3.05) is 13.1 Å². The van der Waals surface area contributed by atoms with Crippen molar-refractivity contribution < 1.29 is 4.79 Å². The van der Waals surface area contributed by atoms with Crippen molar-refractivity contribution in [3.8, 4) is 0 Å². The van der Waals surface area contributed by atoms with E-state index < -0.39 is 0 Å². The van der Waals surface area contributed by atoms with Crippen LogP contribution in [0.3, 0.4) is 0 Å². The number of nitrogens with two attached hydrogens (primary N) is 1. The molecular weight excluding hydrogens is 298 g/mol. The Balaban J connectivity index is 2.05. The molecule has 1 atom stereocenters. The van der Waals surface area contributed by atoms with Crippen LogP contribution in [0.5, 0.6) is 0 Å². The van der Waals surface area contributed by atoms with Crippen LogP contribution in [0.15, 0.2) is 12.1 Å². The van der Waals surface area contributed by atoms with Crippen molar-refractivity contribution >= 4 is 16.8 Å². The summed E-state index contributed by atoms with van der Waals surface area (Å²) in [5, 5.41) is 4.29. The summed E-state index contributed by atoms with van der Waals surface area (Å²) in [5.74, 6) is 0.220. The number of aromatic nitrogens is 1. The van der Waals surface area contributed by atoms with Gasteiger partial charge < -0.3 is 15.6 Å². The van der Waals surface area contributed by atoms with Crippen LogP contribution in [-0.4, -0.2) is 23.6 Å². The number of hydrogen-bond acceptors (Lipinski definition) is 2. The molecule has 1 aliphatic rings. The van der Waals surface area contributed by atoms with Crippen LogP contribution in [0, 0.1) is 19.8 Å². The second-order valence-electron chi connectivity index (χ2n) is 7.36. The van der Waals surface area contributed by atoms with Gasteiger partial charge in [0.25, 0.3) is 0 Å². The Labute approximate surface area is 144 Å². The maximum atomic E-state index is 12.4. The summed E-state index contributed by atoms with van der Waals surface area (Å²) in [7, 11) is 0. The van der Waals surface area contributed by atoms with Gasteiger partial charge in [0.05, 0.1) is 0 Å². The summed E-state index contributed by atoms with van der Waals surface area (Å²) in [6.45, 7) is 9.89. The number of rotatable bonds is 4. The lowest BCUT2D eigenvalue weighted by molar-refractivity contribution is -0.125. The quantitative estimate of drug-likeness (QED) is 0.907. The molecule has 1 aromatic carbocycles. The average molecular weight is 327 g/mol. The Morgan fingerprint density at radius 3 is 2.71 bits per heavy atom. The lowest BCUT2D eigenvalue weighted by atomic mass is 9.85. The molecule has 0 radical (unpaired) electrons. The second-order valence-corrected chi connectivity index (χ2v) is 7.36. The van der Waals surface area contributed by atoms with E-state index in [1.165, 1.54) is 33.3 Å². The van der Waals surface area contributed by atoms with Gasteiger partial charge in [-0.25, -0.2) is 0 Å². The predicted octanol–water partition coefficient (Wildman–Crippen LogP) is 3.02. The number of fused-ring (bicyclic) bond motifs is 3. The molecule has 4 nitrogen and oxygen atoms in total. The predicted molar refractivity (Wildman–Crippen MR) is 99.4 cm³/mol. The molecule has 2 aromatic rings. The first-order chi connectivity index (χ1) is 11.4. The number of benzene rings is 1. The van der Waals surface area contributed by atoms with Crippen molar-refractivity contribution in [3.05, 3.63) is 34.5 Å². The first-order valence-electron chi connectivity index (χ1n) is 9.04. The number of nitrogens with zero attached hydrogens (tertiary/aromatic N) is 1. The third kappa shape index (κ3) is 2.84. The lowest BCUT2D eigenvalue weighted by Gasteiger charge is -2.24. The van der Waals surface area contributed by atoms with E-state index in [1.54, 1.807) is 0 Å². The highest BCUT2D eigenvalue weighted by atomic mass is 16.1. The molecule has 4 heteroatoms. The molecule has 1 unspecified atom stereocenters. The third-order valence-electron chi connectivity index (χ3n) is 5.35. The minimum atomic E-state index is 0.0665. The summed E-state index contributed by atoms with van der Waals surface area (Å²) in [6.07, 6.45) is 2.73. The highest BCUT2D eigenvalue weighted by molar-refractivity contribution is 5.89. The molecule has 1 amide bonds. The van der Waals surface area contributed by atoms with Gasteiger partial charge in [0.2, 0.25) is 5.91 Å². The van der Waals surface area contributed by atoms with Crippen LogP contribution in [0.4, 0.5) is 0 Å². The molecule has 0 fully saturated rings. The molecule has 0 saturated heterocycles. The highest BCUT2D eigenvalue weighted by Gasteiger charge is 2.29. The Bertz CT molecular complexity index is 773. The Morgan fingerprint density at radius 2 is 2.04 bits per heavy atom. The molecule has 0 bridgehead atoms. The van der Waals surface area contributed by atoms with E-state index in [0.717, 1.165) is 19.3 Å². The maximum Gasteiger partial charge on any atom is 0.223 e. The van der Waals surface area contributed by atoms with Crippen LogP contribution < -0.4 is 11.1 Å². The largest absolute Gasteiger partial charge is 0.355 e. The fraction of sp³-hybridized carbons (Fsp3) is 0.550. The van der Waals surface area contributed by atoms with Crippen molar-refractivity contribution in [3.63, 3.8) is 0 Å². The third-order valence-corrected chi connectivity index (χ3v) is 5.35. The van der Waals surface area contributed by atoms with E-state index in [2.05, 4.69) is 49.7 Å². The molecule has 0 aliphatic heterocycles. The van der Waals surface area contributed by atoms with Gasteiger partial charge in [0, 0.05) is 41.6 Å². The van der Waals surface area contributed by atoms with Gasteiger partial charge in [-0.2, -0.15) is 0 Å². The van der Waals surface area contributed by atoms with E-state index in [0.29, 0.717) is 19.1 Å². The number of carbonyl (C=O) groups is 1. The second kappa shape index (κ2) is 6.60. The molecule has 130 valence electrons. The smallest absolute Gasteiger partial charge is 0.223 e. The van der Waals surface area contributed by atoms with Gasteiger partial charge >= 0.3 is 0 Å². The van der Waals surface area contributed by atoms with Gasteiger partial charge in [0.1, 0.15) is 0 Å². The van der Waals surface area contributed by atoms with Gasteiger partial charge in [-0.1, -0.05) is 0 Å². The highest BCUT2D eigenvalue weighted by Crippen LogP contribution is 2.37. The molecule has 3 N–H and O–H groups in total. The van der Waals surface area contributed by atoms with Crippen molar-refractivity contribution in [2.45, 2.75) is 53.0 Å². The molecule has 24 heavy (non-hydrogen) atoms. The molecule has 1 aliphatic carbocycles. The molecular formula is C20H29N3O. The summed E-state index contributed by atoms with van der Waals surface area (Å²) in [4.78, 5) is 12.4. The minimum absolute atomic E-state index is 0.0665. The molecule has 1 heterocycles. The molecule has 1 aromatic heterocycles. The number of aryl methyl sites for hydroxylation is 2. The number of nitrogens with one attached hydrogen (secondary N) is 1. The molecule has 3 rings (SSSR count). The topological polar surface area (TPSA) is 60.0 Å². The monoisotopic (exact) mass is 327 g/mol. The van der Waals surface area contributed by atoms with Crippen LogP contribution in [0.1, 0.15) is 48.7 Å². The normalized spacial score (nSPS) is 17.3. The summed E-state index contributed by atoms with van der Waals surface area (Å²) < 4.78 is 2.48. The van der Waals surface area contributed by atoms with E-state index in [-0.39, 0.29) is 11.8 Å². The van der Waals surface area contributed by atoms with Gasteiger partial charge in [-0.05, 0) is 75.8 Å². The van der Waals surface area contributed by atoms with Crippen LogP contribution in [0.25, 0.3) is 10.9 Å². The van der Waals surface area contributed by atoms with Gasteiger partial charge in [0.15, 0.2) is 0 Å². The number of amides is 1. The van der Waals surface area contributed by atoms with E-state index in [1.807, 2.05) is 0 Å². The van der Waals surface area contributed by atoms with Gasteiger partial charge in [-0.15, -0.1) is 0 Å². The van der Waals surface area contributed by atoms with Crippen LogP contribution >= 0.6 is 0 Å². The minimum Gasteiger partial charge on any atom is -0.355 e.